The maximum absolute atomic E-state index is 12.5. The zero-order valence-electron chi connectivity index (χ0n) is 12.5. The zero-order chi connectivity index (χ0) is 14.2. The lowest BCUT2D eigenvalue weighted by atomic mass is 10.0. The van der Waals surface area contributed by atoms with E-state index in [4.69, 9.17) is 0 Å². The summed E-state index contributed by atoms with van der Waals surface area (Å²) in [5, 5.41) is 2.87. The molecular formula is C15H26N2O2. The van der Waals surface area contributed by atoms with Crippen LogP contribution in [0.25, 0.3) is 0 Å². The minimum Gasteiger partial charge on any atom is -0.344 e. The van der Waals surface area contributed by atoms with Gasteiger partial charge in [-0.25, -0.2) is 0 Å². The highest BCUT2D eigenvalue weighted by Gasteiger charge is 2.47. The van der Waals surface area contributed by atoms with Gasteiger partial charge in [0.1, 0.15) is 6.04 Å². The molecule has 1 aliphatic carbocycles. The summed E-state index contributed by atoms with van der Waals surface area (Å²) in [5.41, 5.74) is 0.373. The van der Waals surface area contributed by atoms with Gasteiger partial charge >= 0.3 is 0 Å². The lowest BCUT2D eigenvalue weighted by Crippen LogP contribution is -2.46. The predicted molar refractivity (Wildman–Crippen MR) is 74.5 cm³/mol. The standard InChI is InChI=1S/C15H26N2O2/c1-10(2)7-12-14(19)17(6-5-13(18)16-12)9-11-8-15(11,3)4/h10-12H,5-9H2,1-4H3,(H,16,18). The molecule has 19 heavy (non-hydrogen) atoms. The molecule has 0 aromatic heterocycles. The molecule has 0 spiro atoms. The van der Waals surface area contributed by atoms with Crippen LogP contribution in [0.5, 0.6) is 0 Å². The smallest absolute Gasteiger partial charge is 0.245 e. The summed E-state index contributed by atoms with van der Waals surface area (Å²) >= 11 is 0. The quantitative estimate of drug-likeness (QED) is 0.843. The molecule has 1 saturated carbocycles. The Morgan fingerprint density at radius 1 is 1.37 bits per heavy atom. The van der Waals surface area contributed by atoms with Crippen LogP contribution in [-0.4, -0.2) is 35.8 Å². The average Bonchev–Trinajstić information content (AvgIpc) is 2.91. The molecule has 1 saturated heterocycles. The number of carbonyl (C=O) groups is 2. The molecule has 4 nitrogen and oxygen atoms in total. The van der Waals surface area contributed by atoms with Crippen molar-refractivity contribution in [3.8, 4) is 0 Å². The molecule has 1 N–H and O–H groups in total. The molecular weight excluding hydrogens is 240 g/mol. The number of hydrogen-bond donors (Lipinski definition) is 1. The van der Waals surface area contributed by atoms with E-state index in [1.54, 1.807) is 0 Å². The van der Waals surface area contributed by atoms with E-state index in [0.717, 1.165) is 13.0 Å². The van der Waals surface area contributed by atoms with Gasteiger partial charge in [-0.2, -0.15) is 0 Å². The monoisotopic (exact) mass is 266 g/mol. The Bertz CT molecular complexity index is 376. The van der Waals surface area contributed by atoms with Crippen LogP contribution in [0.1, 0.15) is 47.0 Å². The minimum atomic E-state index is -0.322. The molecule has 2 atom stereocenters. The fourth-order valence-corrected chi connectivity index (χ4v) is 2.86. The first-order valence-electron chi connectivity index (χ1n) is 7.38. The number of carbonyl (C=O) groups excluding carboxylic acids is 2. The molecule has 0 radical (unpaired) electrons. The van der Waals surface area contributed by atoms with Gasteiger partial charge in [-0.15, -0.1) is 0 Å². The molecule has 0 aromatic carbocycles. The Labute approximate surface area is 115 Å². The Hall–Kier alpha value is -1.06. The molecule has 2 aliphatic rings. The van der Waals surface area contributed by atoms with Gasteiger partial charge in [0.25, 0.3) is 0 Å². The van der Waals surface area contributed by atoms with Gasteiger partial charge in [-0.3, -0.25) is 9.59 Å². The predicted octanol–water partition coefficient (Wildman–Crippen LogP) is 1.80. The Morgan fingerprint density at radius 2 is 2.00 bits per heavy atom. The van der Waals surface area contributed by atoms with E-state index < -0.39 is 0 Å². The molecule has 4 heteroatoms. The van der Waals surface area contributed by atoms with E-state index in [1.165, 1.54) is 6.42 Å². The van der Waals surface area contributed by atoms with Gasteiger partial charge in [0.15, 0.2) is 0 Å². The summed E-state index contributed by atoms with van der Waals surface area (Å²) in [4.78, 5) is 26.1. The van der Waals surface area contributed by atoms with Gasteiger partial charge in [0.05, 0.1) is 0 Å². The van der Waals surface area contributed by atoms with E-state index in [-0.39, 0.29) is 17.9 Å². The van der Waals surface area contributed by atoms with E-state index in [0.29, 0.717) is 30.2 Å². The van der Waals surface area contributed by atoms with Crippen LogP contribution in [0.15, 0.2) is 0 Å². The summed E-state index contributed by atoms with van der Waals surface area (Å²) in [7, 11) is 0. The van der Waals surface area contributed by atoms with E-state index in [1.807, 2.05) is 4.90 Å². The third-order valence-corrected chi connectivity index (χ3v) is 4.42. The first-order valence-corrected chi connectivity index (χ1v) is 7.38. The molecule has 2 amide bonds. The molecule has 1 aliphatic heterocycles. The number of hydrogen-bond acceptors (Lipinski definition) is 2. The number of rotatable bonds is 4. The summed E-state index contributed by atoms with van der Waals surface area (Å²) < 4.78 is 0. The summed E-state index contributed by atoms with van der Waals surface area (Å²) in [6.45, 7) is 10.0. The maximum Gasteiger partial charge on any atom is 0.245 e. The second-order valence-corrected chi connectivity index (χ2v) is 7.17. The molecule has 0 bridgehead atoms. The Kier molecular flexibility index (Phi) is 3.88. The zero-order valence-corrected chi connectivity index (χ0v) is 12.5. The van der Waals surface area contributed by atoms with Gasteiger partial charge in [0.2, 0.25) is 11.8 Å². The minimum absolute atomic E-state index is 0.0107. The molecule has 2 fully saturated rings. The van der Waals surface area contributed by atoms with Crippen LogP contribution >= 0.6 is 0 Å². The first kappa shape index (κ1) is 14.4. The fraction of sp³-hybridized carbons (Fsp3) is 0.867. The van der Waals surface area contributed by atoms with Crippen molar-refractivity contribution in [2.45, 2.75) is 53.0 Å². The average molecular weight is 266 g/mol. The van der Waals surface area contributed by atoms with Gasteiger partial charge in [0, 0.05) is 19.5 Å². The second kappa shape index (κ2) is 5.14. The molecule has 2 rings (SSSR count). The second-order valence-electron chi connectivity index (χ2n) is 7.17. The lowest BCUT2D eigenvalue weighted by Gasteiger charge is -2.25. The third kappa shape index (κ3) is 3.48. The number of nitrogens with zero attached hydrogens (tertiary/aromatic N) is 1. The van der Waals surface area contributed by atoms with Crippen LogP contribution in [0.4, 0.5) is 0 Å². The van der Waals surface area contributed by atoms with Crippen LogP contribution in [0.2, 0.25) is 0 Å². The van der Waals surface area contributed by atoms with Crippen LogP contribution in [0.3, 0.4) is 0 Å². The van der Waals surface area contributed by atoms with E-state index in [9.17, 15) is 9.59 Å². The lowest BCUT2D eigenvalue weighted by molar-refractivity contribution is -0.134. The van der Waals surface area contributed by atoms with Gasteiger partial charge < -0.3 is 10.2 Å². The first-order chi connectivity index (χ1) is 8.79. The van der Waals surface area contributed by atoms with Gasteiger partial charge in [-0.1, -0.05) is 27.7 Å². The maximum atomic E-state index is 12.5. The van der Waals surface area contributed by atoms with Crippen molar-refractivity contribution < 1.29 is 9.59 Å². The van der Waals surface area contributed by atoms with Crippen molar-refractivity contribution in [1.82, 2.24) is 10.2 Å². The summed E-state index contributed by atoms with van der Waals surface area (Å²) in [6.07, 6.45) is 2.36. The Morgan fingerprint density at radius 3 is 2.53 bits per heavy atom. The topological polar surface area (TPSA) is 49.4 Å². The van der Waals surface area contributed by atoms with Crippen molar-refractivity contribution >= 4 is 11.8 Å². The third-order valence-electron chi connectivity index (χ3n) is 4.42. The van der Waals surface area contributed by atoms with Crippen LogP contribution in [0, 0.1) is 17.3 Å². The van der Waals surface area contributed by atoms with E-state index in [2.05, 4.69) is 33.0 Å². The van der Waals surface area contributed by atoms with Gasteiger partial charge in [-0.05, 0) is 30.1 Å². The van der Waals surface area contributed by atoms with Crippen molar-refractivity contribution in [3.05, 3.63) is 0 Å². The van der Waals surface area contributed by atoms with Crippen molar-refractivity contribution in [2.24, 2.45) is 17.3 Å². The fourth-order valence-electron chi connectivity index (χ4n) is 2.86. The number of nitrogens with one attached hydrogen (secondary N) is 1. The molecule has 108 valence electrons. The summed E-state index contributed by atoms with van der Waals surface area (Å²) in [5.74, 6) is 1.13. The number of amides is 2. The normalized spacial score (nSPS) is 30.3. The van der Waals surface area contributed by atoms with Crippen molar-refractivity contribution in [1.29, 1.82) is 0 Å². The SMILES string of the molecule is CC(C)CC1NC(=O)CCN(CC2CC2(C)C)C1=O. The molecule has 2 unspecified atom stereocenters. The van der Waals surface area contributed by atoms with E-state index >= 15 is 0 Å². The van der Waals surface area contributed by atoms with Crippen molar-refractivity contribution in [2.75, 3.05) is 13.1 Å². The Balaban J connectivity index is 2.01. The molecule has 0 aromatic rings. The highest BCUT2D eigenvalue weighted by atomic mass is 16.2. The van der Waals surface area contributed by atoms with Crippen LogP contribution < -0.4 is 5.32 Å². The van der Waals surface area contributed by atoms with Crippen molar-refractivity contribution in [3.63, 3.8) is 0 Å². The highest BCUT2D eigenvalue weighted by molar-refractivity contribution is 5.89. The largest absolute Gasteiger partial charge is 0.344 e. The molecule has 1 heterocycles. The van der Waals surface area contributed by atoms with Crippen LogP contribution in [-0.2, 0) is 9.59 Å². The summed E-state index contributed by atoms with van der Waals surface area (Å²) in [6, 6.07) is -0.322. The highest BCUT2D eigenvalue weighted by Crippen LogP contribution is 2.51.